The van der Waals surface area contributed by atoms with Crippen LogP contribution in [0, 0.1) is 34.6 Å². The van der Waals surface area contributed by atoms with Gasteiger partial charge < -0.3 is 14.5 Å². The summed E-state index contributed by atoms with van der Waals surface area (Å²) in [5.74, 6) is 1.29. The SMILES string of the molecule is Cc1cccc(Cn2nc(C)c(NC(=O)c3ccc(COc4cc(C)cc(C)c4)o3)c2C)c1. The summed E-state index contributed by atoms with van der Waals surface area (Å²) in [4.78, 5) is 12.8. The molecular formula is C27H29N3O3. The van der Waals surface area contributed by atoms with E-state index in [1.807, 2.05) is 50.6 Å². The van der Waals surface area contributed by atoms with Crippen LogP contribution < -0.4 is 10.1 Å². The number of amides is 1. The number of nitrogens with zero attached hydrogens (tertiary/aromatic N) is 2. The van der Waals surface area contributed by atoms with Crippen LogP contribution in [0.3, 0.4) is 0 Å². The summed E-state index contributed by atoms with van der Waals surface area (Å²) < 4.78 is 13.5. The number of nitrogens with one attached hydrogen (secondary N) is 1. The van der Waals surface area contributed by atoms with E-state index in [2.05, 4.69) is 41.6 Å². The number of furan rings is 1. The zero-order chi connectivity index (χ0) is 23.5. The summed E-state index contributed by atoms with van der Waals surface area (Å²) >= 11 is 0. The smallest absolute Gasteiger partial charge is 0.291 e. The minimum Gasteiger partial charge on any atom is -0.486 e. The van der Waals surface area contributed by atoms with E-state index in [1.165, 1.54) is 5.56 Å². The van der Waals surface area contributed by atoms with Crippen molar-refractivity contribution in [3.63, 3.8) is 0 Å². The van der Waals surface area contributed by atoms with Crippen molar-refractivity contribution in [2.24, 2.45) is 0 Å². The summed E-state index contributed by atoms with van der Waals surface area (Å²) in [6.45, 7) is 10.9. The van der Waals surface area contributed by atoms with Gasteiger partial charge in [0.2, 0.25) is 0 Å². The molecule has 0 bridgehead atoms. The van der Waals surface area contributed by atoms with E-state index in [1.54, 1.807) is 12.1 Å². The maximum absolute atomic E-state index is 12.8. The number of hydrogen-bond acceptors (Lipinski definition) is 4. The van der Waals surface area contributed by atoms with Gasteiger partial charge in [0.15, 0.2) is 5.76 Å². The third-order valence-corrected chi connectivity index (χ3v) is 5.50. The van der Waals surface area contributed by atoms with Gasteiger partial charge in [-0.1, -0.05) is 35.9 Å². The molecule has 0 aliphatic carbocycles. The van der Waals surface area contributed by atoms with Crippen LogP contribution in [-0.2, 0) is 13.2 Å². The molecule has 4 rings (SSSR count). The number of carbonyl (C=O) groups is 1. The lowest BCUT2D eigenvalue weighted by molar-refractivity contribution is 0.0992. The van der Waals surface area contributed by atoms with E-state index in [4.69, 9.17) is 9.15 Å². The Kier molecular flexibility index (Phi) is 6.36. The van der Waals surface area contributed by atoms with E-state index < -0.39 is 0 Å². The van der Waals surface area contributed by atoms with Crippen LogP contribution in [0.1, 0.15) is 50.0 Å². The number of ether oxygens (including phenoxy) is 1. The van der Waals surface area contributed by atoms with Gasteiger partial charge in [-0.25, -0.2) is 0 Å². The van der Waals surface area contributed by atoms with Gasteiger partial charge in [0.05, 0.1) is 23.6 Å². The van der Waals surface area contributed by atoms with Crippen molar-refractivity contribution in [2.45, 2.75) is 47.8 Å². The van der Waals surface area contributed by atoms with Crippen LogP contribution in [0.4, 0.5) is 5.69 Å². The maximum Gasteiger partial charge on any atom is 0.291 e. The molecule has 1 amide bonds. The topological polar surface area (TPSA) is 69.3 Å². The number of aromatic nitrogens is 2. The Hall–Kier alpha value is -3.80. The Balaban J connectivity index is 1.42. The molecule has 33 heavy (non-hydrogen) atoms. The lowest BCUT2D eigenvalue weighted by Crippen LogP contribution is -2.12. The van der Waals surface area contributed by atoms with Gasteiger partial charge in [-0.15, -0.1) is 0 Å². The van der Waals surface area contributed by atoms with Gasteiger partial charge >= 0.3 is 0 Å². The predicted octanol–water partition coefficient (Wildman–Crippen LogP) is 5.90. The van der Waals surface area contributed by atoms with Gasteiger partial charge in [-0.2, -0.15) is 5.10 Å². The molecular weight excluding hydrogens is 414 g/mol. The minimum atomic E-state index is -0.311. The Morgan fingerprint density at radius 3 is 2.45 bits per heavy atom. The molecule has 0 aliphatic heterocycles. The number of hydrogen-bond donors (Lipinski definition) is 1. The number of anilines is 1. The molecule has 4 aromatic rings. The first-order chi connectivity index (χ1) is 15.8. The fraction of sp³-hybridized carbons (Fsp3) is 0.259. The Labute approximate surface area is 194 Å². The van der Waals surface area contributed by atoms with E-state index in [-0.39, 0.29) is 18.3 Å². The number of rotatable bonds is 7. The summed E-state index contributed by atoms with van der Waals surface area (Å²) in [5, 5.41) is 7.57. The molecule has 6 nitrogen and oxygen atoms in total. The predicted molar refractivity (Wildman–Crippen MR) is 129 cm³/mol. The lowest BCUT2D eigenvalue weighted by atomic mass is 10.1. The van der Waals surface area contributed by atoms with Crippen molar-refractivity contribution in [1.82, 2.24) is 9.78 Å². The second kappa shape index (κ2) is 9.36. The molecule has 2 heterocycles. The van der Waals surface area contributed by atoms with E-state index in [0.29, 0.717) is 18.0 Å². The highest BCUT2D eigenvalue weighted by molar-refractivity contribution is 6.02. The van der Waals surface area contributed by atoms with Crippen molar-refractivity contribution in [1.29, 1.82) is 0 Å². The van der Waals surface area contributed by atoms with Gasteiger partial charge in [0.25, 0.3) is 5.91 Å². The Morgan fingerprint density at radius 2 is 1.73 bits per heavy atom. The summed E-state index contributed by atoms with van der Waals surface area (Å²) in [6.07, 6.45) is 0. The van der Waals surface area contributed by atoms with Crippen molar-refractivity contribution in [3.8, 4) is 5.75 Å². The lowest BCUT2D eigenvalue weighted by Gasteiger charge is -2.08. The minimum absolute atomic E-state index is 0.235. The fourth-order valence-electron chi connectivity index (χ4n) is 3.94. The third kappa shape index (κ3) is 5.34. The average Bonchev–Trinajstić information content (AvgIpc) is 3.32. The molecule has 0 aliphatic rings. The van der Waals surface area contributed by atoms with Gasteiger partial charge in [0.1, 0.15) is 18.1 Å². The number of carbonyl (C=O) groups excluding carboxylic acids is 1. The molecule has 6 heteroatoms. The van der Waals surface area contributed by atoms with E-state index in [9.17, 15) is 4.79 Å². The second-order valence-electron chi connectivity index (χ2n) is 8.52. The number of benzene rings is 2. The number of aryl methyl sites for hydroxylation is 4. The molecule has 0 saturated heterocycles. The molecule has 0 spiro atoms. The monoisotopic (exact) mass is 443 g/mol. The highest BCUT2D eigenvalue weighted by Crippen LogP contribution is 2.23. The van der Waals surface area contributed by atoms with Gasteiger partial charge in [-0.05, 0) is 75.6 Å². The zero-order valence-corrected chi connectivity index (χ0v) is 19.7. The fourth-order valence-corrected chi connectivity index (χ4v) is 3.94. The third-order valence-electron chi connectivity index (χ3n) is 5.50. The van der Waals surface area contributed by atoms with Crippen LogP contribution in [0.5, 0.6) is 5.75 Å². The first kappa shape index (κ1) is 22.4. The first-order valence-corrected chi connectivity index (χ1v) is 11.0. The van der Waals surface area contributed by atoms with E-state index >= 15 is 0 Å². The summed E-state index contributed by atoms with van der Waals surface area (Å²) in [5.41, 5.74) is 7.01. The molecule has 170 valence electrons. The molecule has 0 atom stereocenters. The molecule has 0 radical (unpaired) electrons. The quantitative estimate of drug-likeness (QED) is 0.386. The normalized spacial score (nSPS) is 10.9. The summed E-state index contributed by atoms with van der Waals surface area (Å²) in [7, 11) is 0. The Bertz CT molecular complexity index is 1280. The Morgan fingerprint density at radius 1 is 0.970 bits per heavy atom. The van der Waals surface area contributed by atoms with Crippen molar-refractivity contribution in [3.05, 3.63) is 99.8 Å². The van der Waals surface area contributed by atoms with Gasteiger partial charge in [-0.3, -0.25) is 9.48 Å². The molecule has 2 aromatic heterocycles. The van der Waals surface area contributed by atoms with Crippen molar-refractivity contribution in [2.75, 3.05) is 5.32 Å². The van der Waals surface area contributed by atoms with Crippen LogP contribution >= 0.6 is 0 Å². The zero-order valence-electron chi connectivity index (χ0n) is 19.7. The molecule has 0 saturated carbocycles. The van der Waals surface area contributed by atoms with E-state index in [0.717, 1.165) is 33.8 Å². The van der Waals surface area contributed by atoms with Crippen LogP contribution in [0.15, 0.2) is 59.0 Å². The molecule has 1 N–H and O–H groups in total. The standard InChI is InChI=1S/C27H29N3O3/c1-17-7-6-8-22(12-17)15-30-21(5)26(20(4)29-30)28-27(31)25-10-9-23(33-25)16-32-24-13-18(2)11-19(3)14-24/h6-14H,15-16H2,1-5H3,(H,28,31). The largest absolute Gasteiger partial charge is 0.486 e. The van der Waals surface area contributed by atoms with Crippen LogP contribution in [0.25, 0.3) is 0 Å². The first-order valence-electron chi connectivity index (χ1n) is 11.0. The summed E-state index contributed by atoms with van der Waals surface area (Å²) in [6, 6.07) is 17.8. The molecule has 0 fully saturated rings. The van der Waals surface area contributed by atoms with Crippen molar-refractivity contribution < 1.29 is 13.9 Å². The maximum atomic E-state index is 12.8. The van der Waals surface area contributed by atoms with Crippen molar-refractivity contribution >= 4 is 11.6 Å². The van der Waals surface area contributed by atoms with Crippen LogP contribution in [-0.4, -0.2) is 15.7 Å². The average molecular weight is 444 g/mol. The molecule has 2 aromatic carbocycles. The highest BCUT2D eigenvalue weighted by atomic mass is 16.5. The van der Waals surface area contributed by atoms with Crippen LogP contribution in [0.2, 0.25) is 0 Å². The second-order valence-corrected chi connectivity index (χ2v) is 8.52. The molecule has 0 unspecified atom stereocenters. The van der Waals surface area contributed by atoms with Gasteiger partial charge in [0, 0.05) is 0 Å². The highest BCUT2D eigenvalue weighted by Gasteiger charge is 2.18.